The quantitative estimate of drug-likeness (QED) is 0.313. The van der Waals surface area contributed by atoms with E-state index in [4.69, 9.17) is 32.6 Å². The molecule has 0 aromatic heterocycles. The molecule has 11 heteroatoms. The first kappa shape index (κ1) is 27.5. The minimum atomic E-state index is -4.20. The number of carboxylic acids is 1. The summed E-state index contributed by atoms with van der Waals surface area (Å²) in [6.45, 7) is 2.92. The van der Waals surface area contributed by atoms with Crippen LogP contribution in [0.3, 0.4) is 0 Å². The normalized spacial score (nSPS) is 18.8. The van der Waals surface area contributed by atoms with E-state index in [0.29, 0.717) is 22.9 Å². The van der Waals surface area contributed by atoms with Crippen LogP contribution in [-0.2, 0) is 14.8 Å². The number of rotatable bonds is 10. The van der Waals surface area contributed by atoms with E-state index >= 15 is 0 Å². The molecule has 4 N–H and O–H groups in total. The Kier molecular flexibility index (Phi) is 8.99. The van der Waals surface area contributed by atoms with Gasteiger partial charge in [0.2, 0.25) is 10.0 Å². The lowest BCUT2D eigenvalue weighted by atomic mass is 10.0. The number of ether oxygens (including phenoxy) is 1. The SMILES string of the molecule is CC1CC(Oc2ccc(N(CC=Cc3cccc(C(=N)N)c3)S(=O)(=O)CC(=O)O)cc2Cl)CCN1C. The molecule has 2 aromatic carbocycles. The Hall–Kier alpha value is -3.08. The Morgan fingerprint density at radius 3 is 2.72 bits per heavy atom. The van der Waals surface area contributed by atoms with Gasteiger partial charge in [-0.2, -0.15) is 0 Å². The second-order valence-corrected chi connectivity index (χ2v) is 11.1. The average Bonchev–Trinajstić information content (AvgIpc) is 2.80. The number of nitrogens with one attached hydrogen (secondary N) is 1. The zero-order valence-electron chi connectivity index (χ0n) is 20.2. The number of likely N-dealkylation sites (tertiary alicyclic amines) is 1. The second-order valence-electron chi connectivity index (χ2n) is 8.83. The number of carbonyl (C=O) groups is 1. The summed E-state index contributed by atoms with van der Waals surface area (Å²) < 4.78 is 32.9. The Morgan fingerprint density at radius 2 is 2.08 bits per heavy atom. The number of sulfonamides is 1. The van der Waals surface area contributed by atoms with Crippen molar-refractivity contribution < 1.29 is 23.1 Å². The molecule has 0 radical (unpaired) electrons. The highest BCUT2D eigenvalue weighted by Gasteiger charge is 2.27. The number of nitrogen functional groups attached to an aromatic ring is 1. The molecule has 1 aliphatic rings. The average molecular weight is 535 g/mol. The lowest BCUT2D eigenvalue weighted by molar-refractivity contribution is -0.134. The molecule has 0 bridgehead atoms. The van der Waals surface area contributed by atoms with Crippen LogP contribution in [0.5, 0.6) is 5.75 Å². The van der Waals surface area contributed by atoms with Gasteiger partial charge in [-0.25, -0.2) is 8.42 Å². The van der Waals surface area contributed by atoms with Gasteiger partial charge in [-0.15, -0.1) is 0 Å². The number of nitrogens with zero attached hydrogens (tertiary/aromatic N) is 2. The summed E-state index contributed by atoms with van der Waals surface area (Å²) in [6.07, 6.45) is 4.98. The molecule has 1 fully saturated rings. The molecule has 0 amide bonds. The predicted molar refractivity (Wildman–Crippen MR) is 142 cm³/mol. The lowest BCUT2D eigenvalue weighted by Crippen LogP contribution is -2.41. The van der Waals surface area contributed by atoms with Crippen LogP contribution in [0.2, 0.25) is 5.02 Å². The van der Waals surface area contributed by atoms with Gasteiger partial charge in [-0.3, -0.25) is 14.5 Å². The summed E-state index contributed by atoms with van der Waals surface area (Å²) in [5.41, 5.74) is 7.01. The maximum absolute atomic E-state index is 12.9. The third-order valence-electron chi connectivity index (χ3n) is 6.08. The van der Waals surface area contributed by atoms with Gasteiger partial charge in [0.05, 0.1) is 17.3 Å². The van der Waals surface area contributed by atoms with E-state index in [0.717, 1.165) is 23.7 Å². The van der Waals surface area contributed by atoms with Crippen molar-refractivity contribution in [2.24, 2.45) is 5.73 Å². The van der Waals surface area contributed by atoms with E-state index in [-0.39, 0.29) is 29.2 Å². The fraction of sp³-hybridized carbons (Fsp3) is 0.360. The van der Waals surface area contributed by atoms with Crippen molar-refractivity contribution in [1.82, 2.24) is 4.90 Å². The standard InChI is InChI=1S/C25H31ClN4O5S/c1-17-13-21(10-12-29(17)2)35-23-9-8-20(15-22(23)26)30(36(33,34)16-24(31)32)11-4-6-18-5-3-7-19(14-18)25(27)28/h3-9,14-15,17,21H,10-13,16H2,1-2H3,(H3,27,28)(H,31,32). The van der Waals surface area contributed by atoms with E-state index < -0.39 is 21.7 Å². The highest BCUT2D eigenvalue weighted by Crippen LogP contribution is 2.33. The third kappa shape index (κ3) is 7.22. The number of anilines is 1. The van der Waals surface area contributed by atoms with Crippen molar-refractivity contribution in [2.75, 3.05) is 30.2 Å². The molecule has 194 valence electrons. The summed E-state index contributed by atoms with van der Waals surface area (Å²) in [7, 11) is -2.12. The van der Waals surface area contributed by atoms with Crippen molar-refractivity contribution in [2.45, 2.75) is 31.9 Å². The topological polar surface area (TPSA) is 137 Å². The maximum atomic E-state index is 12.9. The van der Waals surface area contributed by atoms with Gasteiger partial charge in [0, 0.05) is 18.2 Å². The van der Waals surface area contributed by atoms with E-state index in [1.54, 1.807) is 48.6 Å². The van der Waals surface area contributed by atoms with Crippen LogP contribution in [0, 0.1) is 5.41 Å². The fourth-order valence-electron chi connectivity index (χ4n) is 3.98. The van der Waals surface area contributed by atoms with Gasteiger partial charge in [0.1, 0.15) is 17.7 Å². The van der Waals surface area contributed by atoms with Gasteiger partial charge in [-0.1, -0.05) is 42.0 Å². The van der Waals surface area contributed by atoms with Gasteiger partial charge in [0.25, 0.3) is 0 Å². The van der Waals surface area contributed by atoms with Crippen LogP contribution in [0.15, 0.2) is 48.5 Å². The van der Waals surface area contributed by atoms with Crippen molar-refractivity contribution in [3.63, 3.8) is 0 Å². The van der Waals surface area contributed by atoms with Crippen LogP contribution >= 0.6 is 11.6 Å². The molecule has 0 saturated carbocycles. The van der Waals surface area contributed by atoms with Crippen LogP contribution < -0.4 is 14.8 Å². The second kappa shape index (κ2) is 11.8. The Bertz CT molecular complexity index is 1250. The molecule has 2 unspecified atom stereocenters. The van der Waals surface area contributed by atoms with E-state index in [2.05, 4.69) is 18.9 Å². The van der Waals surface area contributed by atoms with E-state index in [1.165, 1.54) is 6.07 Å². The molecule has 3 rings (SSSR count). The first-order chi connectivity index (χ1) is 17.0. The predicted octanol–water partition coefficient (Wildman–Crippen LogP) is 3.42. The van der Waals surface area contributed by atoms with Crippen molar-refractivity contribution >= 4 is 45.2 Å². The van der Waals surface area contributed by atoms with Crippen molar-refractivity contribution in [3.8, 4) is 5.75 Å². The molecule has 0 aliphatic carbocycles. The number of hydrogen-bond acceptors (Lipinski definition) is 6. The molecule has 1 aliphatic heterocycles. The molecular formula is C25H31ClN4O5S. The Morgan fingerprint density at radius 1 is 1.33 bits per heavy atom. The number of piperidine rings is 1. The summed E-state index contributed by atoms with van der Waals surface area (Å²) in [6, 6.07) is 11.9. The van der Waals surface area contributed by atoms with Crippen LogP contribution in [0.25, 0.3) is 6.08 Å². The zero-order valence-corrected chi connectivity index (χ0v) is 21.8. The number of halogens is 1. The summed E-state index contributed by atoms with van der Waals surface area (Å²) in [4.78, 5) is 13.5. The zero-order chi connectivity index (χ0) is 26.5. The largest absolute Gasteiger partial charge is 0.489 e. The van der Waals surface area contributed by atoms with Gasteiger partial charge in [-0.05, 0) is 56.6 Å². The summed E-state index contributed by atoms with van der Waals surface area (Å²) in [5.74, 6) is -2.15. The first-order valence-electron chi connectivity index (χ1n) is 11.5. The fourth-order valence-corrected chi connectivity index (χ4v) is 5.42. The number of carboxylic acid groups (broad SMARTS) is 1. The van der Waals surface area contributed by atoms with Crippen molar-refractivity contribution in [3.05, 3.63) is 64.7 Å². The summed E-state index contributed by atoms with van der Waals surface area (Å²) in [5, 5.41) is 16.9. The monoisotopic (exact) mass is 534 g/mol. The number of aliphatic carboxylic acids is 1. The Balaban J connectivity index is 1.83. The van der Waals surface area contributed by atoms with E-state index in [1.807, 2.05) is 0 Å². The van der Waals surface area contributed by atoms with Gasteiger partial charge >= 0.3 is 5.97 Å². The van der Waals surface area contributed by atoms with Gasteiger partial charge < -0.3 is 20.5 Å². The molecule has 36 heavy (non-hydrogen) atoms. The van der Waals surface area contributed by atoms with Crippen LogP contribution in [0.4, 0.5) is 5.69 Å². The molecule has 2 atom stereocenters. The minimum absolute atomic E-state index is 0.0000882. The maximum Gasteiger partial charge on any atom is 0.320 e. The Labute approximate surface area is 216 Å². The number of nitrogens with two attached hydrogens (primary N) is 1. The van der Waals surface area contributed by atoms with Crippen molar-refractivity contribution in [1.29, 1.82) is 5.41 Å². The van der Waals surface area contributed by atoms with Crippen LogP contribution in [0.1, 0.15) is 30.9 Å². The lowest BCUT2D eigenvalue weighted by Gasteiger charge is -2.35. The molecule has 1 saturated heterocycles. The van der Waals surface area contributed by atoms with E-state index in [9.17, 15) is 13.2 Å². The molecule has 2 aromatic rings. The molecule has 0 spiro atoms. The number of hydrogen-bond donors (Lipinski definition) is 3. The van der Waals surface area contributed by atoms with Gasteiger partial charge in [0.15, 0.2) is 5.75 Å². The first-order valence-corrected chi connectivity index (χ1v) is 13.4. The summed E-state index contributed by atoms with van der Waals surface area (Å²) >= 11 is 6.47. The number of benzene rings is 2. The molecule has 9 nitrogen and oxygen atoms in total. The van der Waals surface area contributed by atoms with Crippen LogP contribution in [-0.4, -0.2) is 68.3 Å². The molecular weight excluding hydrogens is 504 g/mol. The number of amidine groups is 1. The molecule has 1 heterocycles. The highest BCUT2D eigenvalue weighted by atomic mass is 35.5. The smallest absolute Gasteiger partial charge is 0.320 e. The highest BCUT2D eigenvalue weighted by molar-refractivity contribution is 7.93. The minimum Gasteiger partial charge on any atom is -0.489 e. The third-order valence-corrected chi connectivity index (χ3v) is 8.02.